The second-order valence-corrected chi connectivity index (χ2v) is 4.64. The molecule has 2 aromatic carbocycles. The smallest absolute Gasteiger partial charge is 0.255 e. The molecule has 1 aliphatic heterocycles. The van der Waals surface area contributed by atoms with Crippen molar-refractivity contribution in [3.8, 4) is 0 Å². The quantitative estimate of drug-likeness (QED) is 0.884. The maximum Gasteiger partial charge on any atom is 0.255 e. The number of hydrogen-bond acceptors (Lipinski definition) is 2. The number of carbonyl (C=O) groups excluding carboxylic acids is 1. The SMILES string of the molecule is O=C(Nc1c(F)cccc1F)c1ccc2c(c1)CNC2. The summed E-state index contributed by atoms with van der Waals surface area (Å²) < 4.78 is 27.0. The number of rotatable bonds is 2. The number of halogens is 2. The zero-order valence-electron chi connectivity index (χ0n) is 10.5. The van der Waals surface area contributed by atoms with E-state index in [1.165, 1.54) is 6.07 Å². The van der Waals surface area contributed by atoms with Gasteiger partial charge in [-0.1, -0.05) is 12.1 Å². The lowest BCUT2D eigenvalue weighted by molar-refractivity contribution is 0.102. The average Bonchev–Trinajstić information content (AvgIpc) is 2.90. The van der Waals surface area contributed by atoms with Gasteiger partial charge in [-0.3, -0.25) is 4.79 Å². The third-order valence-electron chi connectivity index (χ3n) is 3.30. The summed E-state index contributed by atoms with van der Waals surface area (Å²) in [6.07, 6.45) is 0. The van der Waals surface area contributed by atoms with Gasteiger partial charge in [0.1, 0.15) is 17.3 Å². The van der Waals surface area contributed by atoms with E-state index in [0.29, 0.717) is 12.1 Å². The molecular weight excluding hydrogens is 262 g/mol. The lowest BCUT2D eigenvalue weighted by Crippen LogP contribution is -2.14. The summed E-state index contributed by atoms with van der Waals surface area (Å²) in [7, 11) is 0. The zero-order chi connectivity index (χ0) is 14.1. The van der Waals surface area contributed by atoms with Gasteiger partial charge >= 0.3 is 0 Å². The molecule has 0 bridgehead atoms. The van der Waals surface area contributed by atoms with Crippen molar-refractivity contribution in [2.45, 2.75) is 13.1 Å². The maximum atomic E-state index is 13.5. The van der Waals surface area contributed by atoms with Gasteiger partial charge < -0.3 is 10.6 Å². The van der Waals surface area contributed by atoms with Crippen LogP contribution in [0.4, 0.5) is 14.5 Å². The molecule has 1 aliphatic rings. The molecule has 0 radical (unpaired) electrons. The Morgan fingerprint density at radius 2 is 1.75 bits per heavy atom. The average molecular weight is 274 g/mol. The van der Waals surface area contributed by atoms with Crippen LogP contribution < -0.4 is 10.6 Å². The third kappa shape index (κ3) is 2.28. The maximum absolute atomic E-state index is 13.5. The molecule has 0 saturated heterocycles. The molecule has 0 atom stereocenters. The summed E-state index contributed by atoms with van der Waals surface area (Å²) in [5.74, 6) is -2.11. The summed E-state index contributed by atoms with van der Waals surface area (Å²) in [4.78, 5) is 12.1. The molecule has 2 aromatic rings. The fourth-order valence-corrected chi connectivity index (χ4v) is 2.24. The van der Waals surface area contributed by atoms with Gasteiger partial charge in [0.05, 0.1) is 0 Å². The first-order valence-corrected chi connectivity index (χ1v) is 6.23. The van der Waals surface area contributed by atoms with Crippen LogP contribution in [-0.4, -0.2) is 5.91 Å². The van der Waals surface area contributed by atoms with Crippen molar-refractivity contribution in [3.05, 3.63) is 64.7 Å². The molecule has 1 amide bonds. The Bertz CT molecular complexity index is 665. The van der Waals surface area contributed by atoms with Crippen LogP contribution in [0.15, 0.2) is 36.4 Å². The molecule has 20 heavy (non-hydrogen) atoms. The Balaban J connectivity index is 1.86. The molecular formula is C15H12F2N2O. The summed E-state index contributed by atoms with van der Waals surface area (Å²) in [6, 6.07) is 8.70. The zero-order valence-corrected chi connectivity index (χ0v) is 10.5. The Morgan fingerprint density at radius 3 is 2.50 bits per heavy atom. The summed E-state index contributed by atoms with van der Waals surface area (Å²) in [5, 5.41) is 5.45. The first kappa shape index (κ1) is 12.7. The molecule has 0 saturated carbocycles. The molecule has 2 N–H and O–H groups in total. The first-order chi connectivity index (χ1) is 9.65. The number of benzene rings is 2. The lowest BCUT2D eigenvalue weighted by atomic mass is 10.1. The number of hydrogen-bond donors (Lipinski definition) is 2. The minimum absolute atomic E-state index is 0.384. The van der Waals surface area contributed by atoms with E-state index in [-0.39, 0.29) is 0 Å². The second kappa shape index (κ2) is 5.02. The van der Waals surface area contributed by atoms with Crippen LogP contribution in [0.5, 0.6) is 0 Å². The van der Waals surface area contributed by atoms with Gasteiger partial charge in [0.25, 0.3) is 5.91 Å². The number of anilines is 1. The van der Waals surface area contributed by atoms with Crippen molar-refractivity contribution < 1.29 is 13.6 Å². The van der Waals surface area contributed by atoms with E-state index < -0.39 is 23.2 Å². The van der Waals surface area contributed by atoms with Crippen molar-refractivity contribution in [2.24, 2.45) is 0 Å². The van der Waals surface area contributed by atoms with E-state index in [1.54, 1.807) is 12.1 Å². The van der Waals surface area contributed by atoms with Gasteiger partial charge in [0.15, 0.2) is 0 Å². The molecule has 5 heteroatoms. The first-order valence-electron chi connectivity index (χ1n) is 6.23. The van der Waals surface area contributed by atoms with Gasteiger partial charge in [-0.15, -0.1) is 0 Å². The standard InChI is InChI=1S/C15H12F2N2O/c16-12-2-1-3-13(17)14(12)19-15(20)9-4-5-10-7-18-8-11(10)6-9/h1-6,18H,7-8H2,(H,19,20). The van der Waals surface area contributed by atoms with E-state index in [4.69, 9.17) is 0 Å². The van der Waals surface area contributed by atoms with Gasteiger partial charge in [0.2, 0.25) is 0 Å². The van der Waals surface area contributed by atoms with Gasteiger partial charge in [-0.2, -0.15) is 0 Å². The highest BCUT2D eigenvalue weighted by Gasteiger charge is 2.16. The predicted molar refractivity (Wildman–Crippen MR) is 71.3 cm³/mol. The van der Waals surface area contributed by atoms with Crippen molar-refractivity contribution in [3.63, 3.8) is 0 Å². The fraction of sp³-hybridized carbons (Fsp3) is 0.133. The van der Waals surface area contributed by atoms with Crippen molar-refractivity contribution in [2.75, 3.05) is 5.32 Å². The molecule has 102 valence electrons. The highest BCUT2D eigenvalue weighted by atomic mass is 19.1. The van der Waals surface area contributed by atoms with Gasteiger partial charge in [0, 0.05) is 18.7 Å². The lowest BCUT2D eigenvalue weighted by Gasteiger charge is -2.08. The molecule has 1 heterocycles. The summed E-state index contributed by atoms with van der Waals surface area (Å²) in [6.45, 7) is 1.48. The molecule has 0 spiro atoms. The van der Waals surface area contributed by atoms with Gasteiger partial charge in [-0.25, -0.2) is 8.78 Å². The molecule has 3 nitrogen and oxygen atoms in total. The summed E-state index contributed by atoms with van der Waals surface area (Å²) in [5.41, 5.74) is 2.14. The Hall–Kier alpha value is -2.27. The number of para-hydroxylation sites is 1. The van der Waals surface area contributed by atoms with E-state index in [0.717, 1.165) is 29.8 Å². The van der Waals surface area contributed by atoms with Crippen molar-refractivity contribution in [1.29, 1.82) is 0 Å². The molecule has 0 aliphatic carbocycles. The Labute approximate surface area is 114 Å². The highest BCUT2D eigenvalue weighted by molar-refractivity contribution is 6.04. The van der Waals surface area contributed by atoms with Crippen LogP contribution in [0.25, 0.3) is 0 Å². The normalized spacial score (nSPS) is 13.1. The van der Waals surface area contributed by atoms with Crippen LogP contribution >= 0.6 is 0 Å². The topological polar surface area (TPSA) is 41.1 Å². The Kier molecular flexibility index (Phi) is 3.20. The minimum Gasteiger partial charge on any atom is -0.317 e. The number of amides is 1. The van der Waals surface area contributed by atoms with E-state index >= 15 is 0 Å². The minimum atomic E-state index is -0.791. The van der Waals surface area contributed by atoms with E-state index in [1.807, 2.05) is 6.07 Å². The van der Waals surface area contributed by atoms with E-state index in [2.05, 4.69) is 10.6 Å². The third-order valence-corrected chi connectivity index (χ3v) is 3.30. The van der Waals surface area contributed by atoms with Crippen LogP contribution in [0, 0.1) is 11.6 Å². The largest absolute Gasteiger partial charge is 0.317 e. The molecule has 0 aromatic heterocycles. The van der Waals surface area contributed by atoms with Crippen molar-refractivity contribution in [1.82, 2.24) is 5.32 Å². The van der Waals surface area contributed by atoms with Gasteiger partial charge in [-0.05, 0) is 35.4 Å². The predicted octanol–water partition coefficient (Wildman–Crippen LogP) is 2.82. The number of nitrogens with one attached hydrogen (secondary N) is 2. The number of carbonyl (C=O) groups is 1. The Morgan fingerprint density at radius 1 is 1.05 bits per heavy atom. The fourth-order valence-electron chi connectivity index (χ4n) is 2.24. The van der Waals surface area contributed by atoms with Crippen LogP contribution in [0.2, 0.25) is 0 Å². The van der Waals surface area contributed by atoms with Crippen LogP contribution in [0.1, 0.15) is 21.5 Å². The summed E-state index contributed by atoms with van der Waals surface area (Å²) >= 11 is 0. The van der Waals surface area contributed by atoms with Crippen molar-refractivity contribution >= 4 is 11.6 Å². The van der Waals surface area contributed by atoms with E-state index in [9.17, 15) is 13.6 Å². The second-order valence-electron chi connectivity index (χ2n) is 4.64. The van der Waals surface area contributed by atoms with Crippen LogP contribution in [0.3, 0.4) is 0 Å². The molecule has 0 unspecified atom stereocenters. The van der Waals surface area contributed by atoms with Crippen LogP contribution in [-0.2, 0) is 13.1 Å². The number of fused-ring (bicyclic) bond motifs is 1. The molecule has 3 rings (SSSR count). The monoisotopic (exact) mass is 274 g/mol. The highest BCUT2D eigenvalue weighted by Crippen LogP contribution is 2.21. The molecule has 0 fully saturated rings.